The van der Waals surface area contributed by atoms with Gasteiger partial charge in [-0.1, -0.05) is 11.3 Å². The number of hydrogen-bond donors (Lipinski definition) is 2. The topological polar surface area (TPSA) is 100 Å². The molecule has 18 heavy (non-hydrogen) atoms. The number of carboxylic acid groups (broad SMARTS) is 1. The third-order valence-corrected chi connectivity index (χ3v) is 2.65. The monoisotopic (exact) mass is 251 g/mol. The number of carbonyl (C=O) groups excluding carboxylic acids is 1. The molecule has 1 aromatic rings. The van der Waals surface area contributed by atoms with Gasteiger partial charge in [0.15, 0.2) is 5.69 Å². The first kappa shape index (κ1) is 12.1. The van der Waals surface area contributed by atoms with Crippen LogP contribution in [0.15, 0.2) is 18.9 Å². The molecule has 2 heterocycles. The quantitative estimate of drug-likeness (QED) is 0.717. The zero-order valence-corrected chi connectivity index (χ0v) is 9.61. The van der Waals surface area contributed by atoms with Gasteiger partial charge >= 0.3 is 12.0 Å². The van der Waals surface area contributed by atoms with Gasteiger partial charge in [0.25, 0.3) is 0 Å². The van der Waals surface area contributed by atoms with Crippen molar-refractivity contribution >= 4 is 12.0 Å². The molecule has 0 radical (unpaired) electrons. The van der Waals surface area contributed by atoms with Crippen LogP contribution in [-0.4, -0.2) is 56.6 Å². The summed E-state index contributed by atoms with van der Waals surface area (Å²) in [6, 6.07) is -0.176. The number of likely N-dealkylation sites (tertiary alicyclic amines) is 1. The predicted octanol–water partition coefficient (Wildman–Crippen LogP) is -0.271. The molecule has 0 aliphatic carbocycles. The van der Waals surface area contributed by atoms with E-state index in [-0.39, 0.29) is 17.8 Å². The van der Waals surface area contributed by atoms with Crippen LogP contribution in [-0.2, 0) is 0 Å². The largest absolute Gasteiger partial charge is 0.476 e. The Morgan fingerprint density at radius 1 is 1.61 bits per heavy atom. The maximum absolute atomic E-state index is 11.5. The Balaban J connectivity index is 1.86. The Morgan fingerprint density at radius 2 is 2.33 bits per heavy atom. The van der Waals surface area contributed by atoms with E-state index in [9.17, 15) is 9.59 Å². The Kier molecular flexibility index (Phi) is 3.26. The van der Waals surface area contributed by atoms with Crippen LogP contribution in [0.3, 0.4) is 0 Å². The summed E-state index contributed by atoms with van der Waals surface area (Å²) >= 11 is 0. The zero-order valence-electron chi connectivity index (χ0n) is 9.61. The molecular weight excluding hydrogens is 238 g/mol. The van der Waals surface area contributed by atoms with Gasteiger partial charge in [-0.05, 0) is 0 Å². The highest BCUT2D eigenvalue weighted by Gasteiger charge is 2.32. The minimum Gasteiger partial charge on any atom is -0.476 e. The molecule has 8 nitrogen and oxygen atoms in total. The number of rotatable bonds is 4. The lowest BCUT2D eigenvalue weighted by Crippen LogP contribution is -2.54. The highest BCUT2D eigenvalue weighted by Crippen LogP contribution is 2.19. The maximum Gasteiger partial charge on any atom is 0.358 e. The van der Waals surface area contributed by atoms with Gasteiger partial charge in [0.2, 0.25) is 0 Å². The van der Waals surface area contributed by atoms with Gasteiger partial charge in [-0.2, -0.15) is 0 Å². The van der Waals surface area contributed by atoms with Crippen molar-refractivity contribution in [1.82, 2.24) is 25.2 Å². The summed E-state index contributed by atoms with van der Waals surface area (Å²) in [5.41, 5.74) is -0.0930. The second-order valence-electron chi connectivity index (χ2n) is 3.92. The average molecular weight is 251 g/mol. The molecule has 1 aromatic heterocycles. The van der Waals surface area contributed by atoms with Crippen LogP contribution in [0.4, 0.5) is 4.79 Å². The number of nitrogens with one attached hydrogen (secondary N) is 1. The molecule has 1 aliphatic rings. The molecule has 1 saturated heterocycles. The molecule has 8 heteroatoms. The molecule has 0 aromatic carbocycles. The lowest BCUT2D eigenvalue weighted by atomic mass is 10.1. The molecular formula is C10H13N5O3. The number of carboxylic acids is 1. The molecule has 2 rings (SSSR count). The van der Waals surface area contributed by atoms with Gasteiger partial charge < -0.3 is 15.3 Å². The van der Waals surface area contributed by atoms with Crippen LogP contribution in [0.2, 0.25) is 0 Å². The Morgan fingerprint density at radius 3 is 2.89 bits per heavy atom. The summed E-state index contributed by atoms with van der Waals surface area (Å²) in [6.45, 7) is 4.91. The third-order valence-electron chi connectivity index (χ3n) is 2.65. The Labute approximate surface area is 103 Å². The van der Waals surface area contributed by atoms with Crippen LogP contribution in [0, 0.1) is 0 Å². The molecule has 96 valence electrons. The van der Waals surface area contributed by atoms with E-state index in [1.807, 2.05) is 0 Å². The highest BCUT2D eigenvalue weighted by atomic mass is 16.4. The van der Waals surface area contributed by atoms with Crippen molar-refractivity contribution in [3.8, 4) is 0 Å². The van der Waals surface area contributed by atoms with Crippen LogP contribution in [0.5, 0.6) is 0 Å². The Bertz CT molecular complexity index is 478. The minimum absolute atomic E-state index is 0.0138. The zero-order chi connectivity index (χ0) is 13.1. The molecule has 0 atom stereocenters. The number of aromatic carboxylic acids is 1. The smallest absolute Gasteiger partial charge is 0.358 e. The van der Waals surface area contributed by atoms with Crippen molar-refractivity contribution in [2.75, 3.05) is 19.6 Å². The third kappa shape index (κ3) is 2.31. The fourth-order valence-electron chi connectivity index (χ4n) is 1.61. The van der Waals surface area contributed by atoms with E-state index < -0.39 is 5.97 Å². The first-order valence-electron chi connectivity index (χ1n) is 5.40. The summed E-state index contributed by atoms with van der Waals surface area (Å²) in [5.74, 6) is -1.11. The van der Waals surface area contributed by atoms with Crippen molar-refractivity contribution in [2.24, 2.45) is 0 Å². The van der Waals surface area contributed by atoms with E-state index in [0.29, 0.717) is 19.6 Å². The van der Waals surface area contributed by atoms with Gasteiger partial charge in [-0.3, -0.25) is 0 Å². The number of urea groups is 1. The lowest BCUT2D eigenvalue weighted by Gasteiger charge is -2.38. The van der Waals surface area contributed by atoms with E-state index in [0.717, 1.165) is 0 Å². The molecule has 2 amide bonds. The van der Waals surface area contributed by atoms with E-state index in [2.05, 4.69) is 22.2 Å². The molecule has 1 fully saturated rings. The summed E-state index contributed by atoms with van der Waals surface area (Å²) in [4.78, 5) is 23.7. The van der Waals surface area contributed by atoms with E-state index in [4.69, 9.17) is 5.11 Å². The first-order valence-corrected chi connectivity index (χ1v) is 5.40. The van der Waals surface area contributed by atoms with Crippen LogP contribution >= 0.6 is 0 Å². The molecule has 0 unspecified atom stereocenters. The number of carbonyl (C=O) groups is 2. The van der Waals surface area contributed by atoms with Crippen molar-refractivity contribution in [1.29, 1.82) is 0 Å². The van der Waals surface area contributed by atoms with Crippen molar-refractivity contribution in [3.63, 3.8) is 0 Å². The SMILES string of the molecule is C=CCNC(=O)N1CC(n2cc(C(=O)O)nn2)C1. The van der Waals surface area contributed by atoms with Gasteiger partial charge in [-0.15, -0.1) is 11.7 Å². The van der Waals surface area contributed by atoms with Gasteiger partial charge in [0, 0.05) is 19.6 Å². The highest BCUT2D eigenvalue weighted by molar-refractivity contribution is 5.84. The normalized spacial score (nSPS) is 15.0. The predicted molar refractivity (Wildman–Crippen MR) is 61.2 cm³/mol. The Hall–Kier alpha value is -2.38. The molecule has 0 spiro atoms. The van der Waals surface area contributed by atoms with Crippen molar-refractivity contribution in [2.45, 2.75) is 6.04 Å². The van der Waals surface area contributed by atoms with E-state index in [1.165, 1.54) is 10.9 Å². The lowest BCUT2D eigenvalue weighted by molar-refractivity contribution is 0.0690. The maximum atomic E-state index is 11.5. The second kappa shape index (κ2) is 4.86. The number of amides is 2. The van der Waals surface area contributed by atoms with E-state index in [1.54, 1.807) is 11.0 Å². The first-order chi connectivity index (χ1) is 8.61. The molecule has 1 aliphatic heterocycles. The van der Waals surface area contributed by atoms with Crippen LogP contribution < -0.4 is 5.32 Å². The van der Waals surface area contributed by atoms with E-state index >= 15 is 0 Å². The van der Waals surface area contributed by atoms with Crippen molar-refractivity contribution in [3.05, 3.63) is 24.5 Å². The number of aromatic nitrogens is 3. The average Bonchev–Trinajstić information content (AvgIpc) is 2.73. The summed E-state index contributed by atoms with van der Waals surface area (Å²) in [6.07, 6.45) is 2.97. The fourth-order valence-corrected chi connectivity index (χ4v) is 1.61. The number of nitrogens with zero attached hydrogens (tertiary/aromatic N) is 4. The molecule has 2 N–H and O–H groups in total. The van der Waals surface area contributed by atoms with Crippen molar-refractivity contribution < 1.29 is 14.7 Å². The minimum atomic E-state index is -1.11. The van der Waals surface area contributed by atoms with Crippen LogP contribution in [0.25, 0.3) is 0 Å². The number of hydrogen-bond acceptors (Lipinski definition) is 4. The fraction of sp³-hybridized carbons (Fsp3) is 0.400. The second-order valence-corrected chi connectivity index (χ2v) is 3.92. The molecule has 0 saturated carbocycles. The molecule has 0 bridgehead atoms. The van der Waals surface area contributed by atoms with Gasteiger partial charge in [-0.25, -0.2) is 14.3 Å². The standard InChI is InChI=1S/C10H13N5O3/c1-2-3-11-10(18)14-4-7(5-14)15-6-8(9(16)17)12-13-15/h2,6-7H,1,3-5H2,(H,11,18)(H,16,17). The van der Waals surface area contributed by atoms with Gasteiger partial charge in [0.05, 0.1) is 12.2 Å². The summed E-state index contributed by atoms with van der Waals surface area (Å²) in [5, 5.41) is 18.6. The van der Waals surface area contributed by atoms with Gasteiger partial charge in [0.1, 0.15) is 0 Å². The summed E-state index contributed by atoms with van der Waals surface area (Å²) in [7, 11) is 0. The van der Waals surface area contributed by atoms with Crippen LogP contribution in [0.1, 0.15) is 16.5 Å². The summed E-state index contributed by atoms with van der Waals surface area (Å²) < 4.78 is 1.47.